The van der Waals surface area contributed by atoms with Crippen molar-refractivity contribution >= 4 is 5.91 Å². The Morgan fingerprint density at radius 1 is 1.35 bits per heavy atom. The molecule has 0 bridgehead atoms. The molecule has 0 saturated carbocycles. The van der Waals surface area contributed by atoms with Crippen LogP contribution in [-0.4, -0.2) is 42.0 Å². The largest absolute Gasteiger partial charge is 0.341 e. The summed E-state index contributed by atoms with van der Waals surface area (Å²) in [7, 11) is 0. The van der Waals surface area contributed by atoms with Gasteiger partial charge in [0, 0.05) is 37.9 Å². The van der Waals surface area contributed by atoms with Crippen LogP contribution < -0.4 is 5.32 Å². The molecule has 0 radical (unpaired) electrons. The molecule has 0 unspecified atom stereocenters. The molecular formula is C13H19N3O. The van der Waals surface area contributed by atoms with E-state index < -0.39 is 0 Å². The highest BCUT2D eigenvalue weighted by molar-refractivity contribution is 5.76. The third kappa shape index (κ3) is 3.82. The van der Waals surface area contributed by atoms with Crippen LogP contribution in [0.1, 0.15) is 18.5 Å². The van der Waals surface area contributed by atoms with Crippen LogP contribution in [0.15, 0.2) is 24.4 Å². The monoisotopic (exact) mass is 233 g/mol. The van der Waals surface area contributed by atoms with Crippen molar-refractivity contribution in [2.45, 2.75) is 19.3 Å². The Bertz CT molecular complexity index is 345. The molecule has 1 N–H and O–H groups in total. The fourth-order valence-corrected chi connectivity index (χ4v) is 2.03. The molecule has 4 nitrogen and oxygen atoms in total. The maximum Gasteiger partial charge on any atom is 0.223 e. The molecule has 2 rings (SSSR count). The van der Waals surface area contributed by atoms with E-state index in [1.165, 1.54) is 0 Å². The number of nitrogens with one attached hydrogen (secondary N) is 1. The number of carbonyl (C=O) groups is 1. The summed E-state index contributed by atoms with van der Waals surface area (Å²) in [5, 5.41) is 3.30. The lowest BCUT2D eigenvalue weighted by Crippen LogP contribution is -2.34. The normalized spacial score (nSPS) is 16.6. The summed E-state index contributed by atoms with van der Waals surface area (Å²) < 4.78 is 0. The number of nitrogens with zero attached hydrogens (tertiary/aromatic N) is 2. The second-order valence-electron chi connectivity index (χ2n) is 4.31. The second kappa shape index (κ2) is 6.35. The lowest BCUT2D eigenvalue weighted by Gasteiger charge is -2.19. The Hall–Kier alpha value is -1.42. The van der Waals surface area contributed by atoms with E-state index in [1.54, 1.807) is 6.20 Å². The number of aromatic nitrogens is 1. The fraction of sp³-hybridized carbons (Fsp3) is 0.538. The van der Waals surface area contributed by atoms with Crippen LogP contribution in [0.5, 0.6) is 0 Å². The van der Waals surface area contributed by atoms with E-state index in [0.29, 0.717) is 6.42 Å². The van der Waals surface area contributed by atoms with Crippen LogP contribution in [0.3, 0.4) is 0 Å². The number of hydrogen-bond donors (Lipinski definition) is 1. The Morgan fingerprint density at radius 3 is 3.12 bits per heavy atom. The summed E-state index contributed by atoms with van der Waals surface area (Å²) in [4.78, 5) is 18.2. The van der Waals surface area contributed by atoms with Gasteiger partial charge in [-0.3, -0.25) is 9.78 Å². The van der Waals surface area contributed by atoms with Crippen molar-refractivity contribution in [1.29, 1.82) is 0 Å². The van der Waals surface area contributed by atoms with Gasteiger partial charge in [0.1, 0.15) is 0 Å². The molecule has 1 amide bonds. The van der Waals surface area contributed by atoms with Gasteiger partial charge in [-0.15, -0.1) is 0 Å². The number of rotatable bonds is 3. The molecule has 1 aliphatic heterocycles. The highest BCUT2D eigenvalue weighted by atomic mass is 16.2. The number of amides is 1. The highest BCUT2D eigenvalue weighted by Crippen LogP contribution is 2.03. The summed E-state index contributed by atoms with van der Waals surface area (Å²) in [6.07, 6.45) is 4.13. The summed E-state index contributed by atoms with van der Waals surface area (Å²) in [6, 6.07) is 5.83. The van der Waals surface area contributed by atoms with Crippen molar-refractivity contribution in [3.63, 3.8) is 0 Å². The summed E-state index contributed by atoms with van der Waals surface area (Å²) in [6.45, 7) is 3.65. The molecule has 1 aliphatic rings. The minimum atomic E-state index is 0.249. The zero-order valence-electron chi connectivity index (χ0n) is 10.1. The molecule has 1 fully saturated rings. The number of hydrogen-bond acceptors (Lipinski definition) is 3. The van der Waals surface area contributed by atoms with Crippen molar-refractivity contribution < 1.29 is 4.79 Å². The molecule has 17 heavy (non-hydrogen) atoms. The molecule has 92 valence electrons. The smallest absolute Gasteiger partial charge is 0.223 e. The summed E-state index contributed by atoms with van der Waals surface area (Å²) >= 11 is 0. The molecule has 1 aromatic rings. The molecule has 2 heterocycles. The average Bonchev–Trinajstić information content (AvgIpc) is 2.66. The first-order valence-corrected chi connectivity index (χ1v) is 6.24. The fourth-order valence-electron chi connectivity index (χ4n) is 2.03. The van der Waals surface area contributed by atoms with Gasteiger partial charge in [-0.2, -0.15) is 0 Å². The van der Waals surface area contributed by atoms with Crippen molar-refractivity contribution in [3.8, 4) is 0 Å². The third-order valence-corrected chi connectivity index (χ3v) is 3.01. The van der Waals surface area contributed by atoms with Crippen LogP contribution in [-0.2, 0) is 11.2 Å². The van der Waals surface area contributed by atoms with Gasteiger partial charge in [0.25, 0.3) is 0 Å². The van der Waals surface area contributed by atoms with E-state index in [4.69, 9.17) is 0 Å². The Kier molecular flexibility index (Phi) is 4.50. The van der Waals surface area contributed by atoms with Gasteiger partial charge in [-0.1, -0.05) is 6.07 Å². The molecule has 1 aromatic heterocycles. The SMILES string of the molecule is O=C(CCc1ccccn1)N1CCCNCC1. The zero-order valence-corrected chi connectivity index (χ0v) is 10.1. The first kappa shape index (κ1) is 12.0. The zero-order chi connectivity index (χ0) is 11.9. The van der Waals surface area contributed by atoms with E-state index in [1.807, 2.05) is 23.1 Å². The van der Waals surface area contributed by atoms with Gasteiger partial charge in [0.15, 0.2) is 0 Å². The quantitative estimate of drug-likeness (QED) is 0.841. The topological polar surface area (TPSA) is 45.2 Å². The van der Waals surface area contributed by atoms with Gasteiger partial charge < -0.3 is 10.2 Å². The molecule has 0 aliphatic carbocycles. The summed E-state index contributed by atoms with van der Waals surface area (Å²) in [5.74, 6) is 0.249. The molecule has 0 atom stereocenters. The Balaban J connectivity index is 1.80. The first-order valence-electron chi connectivity index (χ1n) is 6.24. The van der Waals surface area contributed by atoms with E-state index in [-0.39, 0.29) is 5.91 Å². The maximum atomic E-state index is 12.0. The number of carbonyl (C=O) groups excluding carboxylic acids is 1. The van der Waals surface area contributed by atoms with Crippen LogP contribution >= 0.6 is 0 Å². The van der Waals surface area contributed by atoms with Gasteiger partial charge in [-0.25, -0.2) is 0 Å². The van der Waals surface area contributed by atoms with Gasteiger partial charge >= 0.3 is 0 Å². The molecule has 1 saturated heterocycles. The molecule has 0 spiro atoms. The van der Waals surface area contributed by atoms with E-state index >= 15 is 0 Å². The maximum absolute atomic E-state index is 12.0. The predicted molar refractivity (Wildman–Crippen MR) is 66.6 cm³/mol. The van der Waals surface area contributed by atoms with Gasteiger partial charge in [-0.05, 0) is 31.5 Å². The van der Waals surface area contributed by atoms with Crippen LogP contribution in [0, 0.1) is 0 Å². The van der Waals surface area contributed by atoms with Crippen molar-refractivity contribution in [2.75, 3.05) is 26.2 Å². The minimum absolute atomic E-state index is 0.249. The van der Waals surface area contributed by atoms with E-state index in [0.717, 1.165) is 44.7 Å². The van der Waals surface area contributed by atoms with Crippen LogP contribution in [0.2, 0.25) is 0 Å². The predicted octanol–water partition coefficient (Wildman–Crippen LogP) is 0.836. The van der Waals surface area contributed by atoms with Crippen molar-refractivity contribution in [3.05, 3.63) is 30.1 Å². The second-order valence-corrected chi connectivity index (χ2v) is 4.31. The van der Waals surface area contributed by atoms with Crippen molar-refractivity contribution in [1.82, 2.24) is 15.2 Å². The van der Waals surface area contributed by atoms with Gasteiger partial charge in [0.2, 0.25) is 5.91 Å². The van der Waals surface area contributed by atoms with E-state index in [2.05, 4.69) is 10.3 Å². The van der Waals surface area contributed by atoms with Crippen molar-refractivity contribution in [2.24, 2.45) is 0 Å². The molecule has 0 aromatic carbocycles. The lowest BCUT2D eigenvalue weighted by molar-refractivity contribution is -0.130. The van der Waals surface area contributed by atoms with Crippen LogP contribution in [0.25, 0.3) is 0 Å². The average molecular weight is 233 g/mol. The molecular weight excluding hydrogens is 214 g/mol. The number of pyridine rings is 1. The summed E-state index contributed by atoms with van der Waals surface area (Å²) in [5.41, 5.74) is 0.994. The first-order chi connectivity index (χ1) is 8.36. The van der Waals surface area contributed by atoms with E-state index in [9.17, 15) is 4.79 Å². The molecule has 4 heteroatoms. The minimum Gasteiger partial charge on any atom is -0.341 e. The standard InChI is InChI=1S/C13H19N3O/c17-13(16-10-3-7-14-9-11-16)6-5-12-4-1-2-8-15-12/h1-2,4,8,14H,3,5-7,9-11H2. The Labute approximate surface area is 102 Å². The highest BCUT2D eigenvalue weighted by Gasteiger charge is 2.14. The van der Waals surface area contributed by atoms with Gasteiger partial charge in [0.05, 0.1) is 0 Å². The Morgan fingerprint density at radius 2 is 2.29 bits per heavy atom. The lowest BCUT2D eigenvalue weighted by atomic mass is 10.2. The third-order valence-electron chi connectivity index (χ3n) is 3.01. The number of aryl methyl sites for hydroxylation is 1. The van der Waals surface area contributed by atoms with Crippen LogP contribution in [0.4, 0.5) is 0 Å².